The van der Waals surface area contributed by atoms with Crippen molar-refractivity contribution in [1.29, 1.82) is 0 Å². The molecule has 0 fully saturated rings. The van der Waals surface area contributed by atoms with E-state index in [1.165, 1.54) is 7.11 Å². The standard InChI is InChI=1S/C24H30N2O5/c1-16(2)14-20(25-22(27)18-10-12-19(30-3)13-11-18)23(28)26-21(24(29)31-4)15-17-8-6-5-7-9-17/h5-13,16,20-21H,14-15H2,1-4H3,(H,25,27)(H,26,28)/t20-,21+/m1/s1. The third kappa shape index (κ3) is 7.44. The van der Waals surface area contributed by atoms with Crippen molar-refractivity contribution in [2.45, 2.75) is 38.8 Å². The fourth-order valence-electron chi connectivity index (χ4n) is 3.14. The van der Waals surface area contributed by atoms with Crippen LogP contribution >= 0.6 is 0 Å². The largest absolute Gasteiger partial charge is 0.497 e. The average Bonchev–Trinajstić information content (AvgIpc) is 2.78. The van der Waals surface area contributed by atoms with Gasteiger partial charge in [-0.15, -0.1) is 0 Å². The van der Waals surface area contributed by atoms with Crippen LogP contribution in [0.3, 0.4) is 0 Å². The van der Waals surface area contributed by atoms with E-state index in [9.17, 15) is 14.4 Å². The van der Waals surface area contributed by atoms with E-state index in [-0.39, 0.29) is 11.8 Å². The van der Waals surface area contributed by atoms with Crippen LogP contribution in [0.1, 0.15) is 36.2 Å². The molecule has 0 saturated heterocycles. The van der Waals surface area contributed by atoms with Crippen molar-refractivity contribution in [1.82, 2.24) is 10.6 Å². The minimum absolute atomic E-state index is 0.151. The molecule has 2 aromatic carbocycles. The molecule has 0 saturated carbocycles. The molecule has 0 aromatic heterocycles. The number of methoxy groups -OCH3 is 2. The van der Waals surface area contributed by atoms with Crippen molar-refractivity contribution < 1.29 is 23.9 Å². The summed E-state index contributed by atoms with van der Waals surface area (Å²) in [6, 6.07) is 14.3. The van der Waals surface area contributed by atoms with Gasteiger partial charge in [-0.3, -0.25) is 9.59 Å². The number of hydrogen-bond acceptors (Lipinski definition) is 5. The maximum Gasteiger partial charge on any atom is 0.328 e. The van der Waals surface area contributed by atoms with Gasteiger partial charge < -0.3 is 20.1 Å². The van der Waals surface area contributed by atoms with Crippen molar-refractivity contribution in [3.63, 3.8) is 0 Å². The molecule has 0 radical (unpaired) electrons. The number of ether oxygens (including phenoxy) is 2. The highest BCUT2D eigenvalue weighted by Gasteiger charge is 2.28. The molecule has 0 bridgehead atoms. The Labute approximate surface area is 183 Å². The number of benzene rings is 2. The van der Waals surface area contributed by atoms with Gasteiger partial charge in [-0.25, -0.2) is 4.79 Å². The molecular formula is C24H30N2O5. The molecule has 2 amide bonds. The van der Waals surface area contributed by atoms with Crippen LogP contribution < -0.4 is 15.4 Å². The first kappa shape index (κ1) is 23.9. The van der Waals surface area contributed by atoms with E-state index in [1.54, 1.807) is 31.4 Å². The Kier molecular flexibility index (Phi) is 9.06. The first-order valence-corrected chi connectivity index (χ1v) is 10.2. The second-order valence-corrected chi connectivity index (χ2v) is 7.66. The highest BCUT2D eigenvalue weighted by atomic mass is 16.5. The molecule has 7 heteroatoms. The van der Waals surface area contributed by atoms with Crippen molar-refractivity contribution in [2.75, 3.05) is 14.2 Å². The van der Waals surface area contributed by atoms with Gasteiger partial charge in [0.25, 0.3) is 5.91 Å². The van der Waals surface area contributed by atoms with Gasteiger partial charge in [0, 0.05) is 12.0 Å². The van der Waals surface area contributed by atoms with Crippen molar-refractivity contribution in [2.24, 2.45) is 5.92 Å². The zero-order valence-electron chi connectivity index (χ0n) is 18.4. The third-order valence-electron chi connectivity index (χ3n) is 4.77. The van der Waals surface area contributed by atoms with Gasteiger partial charge in [0.05, 0.1) is 14.2 Å². The number of amides is 2. The van der Waals surface area contributed by atoms with Crippen LogP contribution in [0.15, 0.2) is 54.6 Å². The molecule has 7 nitrogen and oxygen atoms in total. The highest BCUT2D eigenvalue weighted by molar-refractivity contribution is 5.98. The molecule has 2 atom stereocenters. The van der Waals surface area contributed by atoms with Gasteiger partial charge in [0.15, 0.2) is 0 Å². The second kappa shape index (κ2) is 11.7. The molecule has 0 unspecified atom stereocenters. The molecule has 0 aliphatic heterocycles. The number of esters is 1. The summed E-state index contributed by atoms with van der Waals surface area (Å²) in [5, 5.41) is 5.53. The van der Waals surface area contributed by atoms with Crippen molar-refractivity contribution >= 4 is 17.8 Å². The quantitative estimate of drug-likeness (QED) is 0.570. The molecule has 31 heavy (non-hydrogen) atoms. The summed E-state index contributed by atoms with van der Waals surface area (Å²) in [7, 11) is 2.83. The minimum atomic E-state index is -0.854. The maximum absolute atomic E-state index is 13.0. The fourth-order valence-corrected chi connectivity index (χ4v) is 3.14. The summed E-state index contributed by atoms with van der Waals surface area (Å²) in [5.41, 5.74) is 1.30. The van der Waals surface area contributed by atoms with Crippen LogP contribution in [-0.2, 0) is 20.7 Å². The van der Waals surface area contributed by atoms with Gasteiger partial charge in [-0.05, 0) is 42.2 Å². The predicted molar refractivity (Wildman–Crippen MR) is 118 cm³/mol. The second-order valence-electron chi connectivity index (χ2n) is 7.66. The van der Waals surface area contributed by atoms with E-state index in [2.05, 4.69) is 10.6 Å². The van der Waals surface area contributed by atoms with Gasteiger partial charge in [0.1, 0.15) is 17.8 Å². The number of nitrogens with one attached hydrogen (secondary N) is 2. The van der Waals surface area contributed by atoms with Gasteiger partial charge >= 0.3 is 5.97 Å². The monoisotopic (exact) mass is 426 g/mol. The van der Waals surface area contributed by atoms with Crippen LogP contribution in [0, 0.1) is 5.92 Å². The Morgan fingerprint density at radius 2 is 1.52 bits per heavy atom. The Morgan fingerprint density at radius 1 is 0.871 bits per heavy atom. The molecular weight excluding hydrogens is 396 g/mol. The molecule has 0 heterocycles. The van der Waals surface area contributed by atoms with Crippen molar-refractivity contribution in [3.05, 3.63) is 65.7 Å². The van der Waals surface area contributed by atoms with Crippen LogP contribution in [0.25, 0.3) is 0 Å². The Bertz CT molecular complexity index is 865. The summed E-state index contributed by atoms with van der Waals surface area (Å²) >= 11 is 0. The lowest BCUT2D eigenvalue weighted by molar-refractivity contribution is -0.145. The van der Waals surface area contributed by atoms with E-state index >= 15 is 0 Å². The minimum Gasteiger partial charge on any atom is -0.497 e. The molecule has 2 rings (SSSR count). The van der Waals surface area contributed by atoms with Crippen LogP contribution in [-0.4, -0.2) is 44.1 Å². The Morgan fingerprint density at radius 3 is 2.06 bits per heavy atom. The van der Waals surface area contributed by atoms with Crippen LogP contribution in [0.5, 0.6) is 5.75 Å². The molecule has 2 aromatic rings. The van der Waals surface area contributed by atoms with E-state index in [0.717, 1.165) is 5.56 Å². The molecule has 0 spiro atoms. The highest BCUT2D eigenvalue weighted by Crippen LogP contribution is 2.13. The zero-order valence-corrected chi connectivity index (χ0v) is 18.4. The lowest BCUT2D eigenvalue weighted by Gasteiger charge is -2.23. The number of carbonyl (C=O) groups excluding carboxylic acids is 3. The topological polar surface area (TPSA) is 93.7 Å². The summed E-state index contributed by atoms with van der Waals surface area (Å²) in [5.74, 6) is -0.558. The van der Waals surface area contributed by atoms with E-state index in [4.69, 9.17) is 9.47 Å². The maximum atomic E-state index is 13.0. The van der Waals surface area contributed by atoms with E-state index < -0.39 is 24.0 Å². The smallest absolute Gasteiger partial charge is 0.328 e. The van der Waals surface area contributed by atoms with Gasteiger partial charge in [-0.2, -0.15) is 0 Å². The normalized spacial score (nSPS) is 12.5. The zero-order chi connectivity index (χ0) is 22.8. The lowest BCUT2D eigenvalue weighted by Crippen LogP contribution is -2.52. The van der Waals surface area contributed by atoms with Gasteiger partial charge in [-0.1, -0.05) is 44.2 Å². The Hall–Kier alpha value is -3.35. The van der Waals surface area contributed by atoms with Crippen LogP contribution in [0.4, 0.5) is 0 Å². The summed E-state index contributed by atoms with van der Waals surface area (Å²) in [4.78, 5) is 38.0. The lowest BCUT2D eigenvalue weighted by atomic mass is 10.0. The predicted octanol–water partition coefficient (Wildman–Crippen LogP) is 2.74. The third-order valence-corrected chi connectivity index (χ3v) is 4.77. The van der Waals surface area contributed by atoms with E-state index in [1.807, 2.05) is 44.2 Å². The molecule has 166 valence electrons. The molecule has 2 N–H and O–H groups in total. The first-order valence-electron chi connectivity index (χ1n) is 10.2. The SMILES string of the molecule is COC(=O)[C@H](Cc1ccccc1)NC(=O)[C@@H](CC(C)C)NC(=O)c1ccc(OC)cc1. The summed E-state index contributed by atoms with van der Waals surface area (Å²) < 4.78 is 9.97. The molecule has 0 aliphatic carbocycles. The van der Waals surface area contributed by atoms with Crippen molar-refractivity contribution in [3.8, 4) is 5.75 Å². The molecule has 0 aliphatic rings. The Balaban J connectivity index is 2.13. The van der Waals surface area contributed by atoms with Crippen LogP contribution in [0.2, 0.25) is 0 Å². The number of hydrogen-bond donors (Lipinski definition) is 2. The number of carbonyl (C=O) groups is 3. The van der Waals surface area contributed by atoms with E-state index in [0.29, 0.717) is 24.2 Å². The fraction of sp³-hybridized carbons (Fsp3) is 0.375. The average molecular weight is 427 g/mol. The first-order chi connectivity index (χ1) is 14.8. The number of rotatable bonds is 10. The van der Waals surface area contributed by atoms with Gasteiger partial charge in [0.2, 0.25) is 5.91 Å². The summed E-state index contributed by atoms with van der Waals surface area (Å²) in [6.45, 7) is 3.92. The summed E-state index contributed by atoms with van der Waals surface area (Å²) in [6.07, 6.45) is 0.715.